The van der Waals surface area contributed by atoms with Crippen molar-refractivity contribution in [1.29, 1.82) is 0 Å². The molecule has 0 saturated heterocycles. The number of halogens is 4. The van der Waals surface area contributed by atoms with Gasteiger partial charge in [0.15, 0.2) is 11.5 Å². The molecule has 0 aliphatic rings. The number of hydrogen-bond donors (Lipinski definition) is 2. The van der Waals surface area contributed by atoms with Crippen LogP contribution in [-0.2, 0) is 12.7 Å². The van der Waals surface area contributed by atoms with Crippen LogP contribution in [0.2, 0.25) is 0 Å². The highest BCUT2D eigenvalue weighted by molar-refractivity contribution is 5.89. The lowest BCUT2D eigenvalue weighted by Crippen LogP contribution is -2.28. The van der Waals surface area contributed by atoms with E-state index < -0.39 is 29.3 Å². The molecule has 140 valence electrons. The molecule has 9 heteroatoms. The van der Waals surface area contributed by atoms with E-state index in [1.807, 2.05) is 0 Å². The molecule has 0 fully saturated rings. The van der Waals surface area contributed by atoms with Crippen LogP contribution in [0.15, 0.2) is 36.4 Å². The molecular weight excluding hydrogens is 356 g/mol. The van der Waals surface area contributed by atoms with Crippen molar-refractivity contribution in [3.63, 3.8) is 0 Å². The monoisotopic (exact) mass is 372 g/mol. The normalized spacial score (nSPS) is 11.0. The number of ether oxygens (including phenoxy) is 2. The predicted octanol–water partition coefficient (Wildman–Crippen LogP) is 4.18. The minimum Gasteiger partial charge on any atom is -0.493 e. The maximum Gasteiger partial charge on any atom is 0.416 e. The molecule has 0 saturated carbocycles. The van der Waals surface area contributed by atoms with E-state index in [-0.39, 0.29) is 6.54 Å². The van der Waals surface area contributed by atoms with Gasteiger partial charge in [-0.25, -0.2) is 9.18 Å². The fraction of sp³-hybridized carbons (Fsp3) is 0.235. The summed E-state index contributed by atoms with van der Waals surface area (Å²) >= 11 is 0. The summed E-state index contributed by atoms with van der Waals surface area (Å²) in [4.78, 5) is 11.9. The Morgan fingerprint density at radius 3 is 2.35 bits per heavy atom. The number of amides is 2. The van der Waals surface area contributed by atoms with Gasteiger partial charge in [-0.15, -0.1) is 0 Å². The Morgan fingerprint density at radius 1 is 1.04 bits per heavy atom. The number of nitrogens with one attached hydrogen (secondary N) is 2. The molecule has 0 aliphatic heterocycles. The minimum atomic E-state index is -4.64. The quantitative estimate of drug-likeness (QED) is 0.774. The smallest absolute Gasteiger partial charge is 0.416 e. The molecule has 2 aromatic carbocycles. The number of methoxy groups -OCH3 is 2. The summed E-state index contributed by atoms with van der Waals surface area (Å²) in [5, 5.41) is 4.49. The summed E-state index contributed by atoms with van der Waals surface area (Å²) in [5.41, 5.74) is -0.971. The summed E-state index contributed by atoms with van der Waals surface area (Å²) in [5.74, 6) is -0.0119. The molecule has 0 radical (unpaired) electrons. The molecule has 26 heavy (non-hydrogen) atoms. The molecule has 0 aliphatic carbocycles. The average Bonchev–Trinajstić information content (AvgIpc) is 2.60. The fourth-order valence-corrected chi connectivity index (χ4v) is 2.14. The second-order valence-corrected chi connectivity index (χ2v) is 5.19. The van der Waals surface area contributed by atoms with Gasteiger partial charge in [-0.2, -0.15) is 13.2 Å². The van der Waals surface area contributed by atoms with Gasteiger partial charge >= 0.3 is 12.2 Å². The summed E-state index contributed by atoms with van der Waals surface area (Å²) < 4.78 is 61.8. The van der Waals surface area contributed by atoms with E-state index in [0.717, 1.165) is 0 Å². The molecule has 0 atom stereocenters. The van der Waals surface area contributed by atoms with Crippen molar-refractivity contribution in [2.24, 2.45) is 0 Å². The summed E-state index contributed by atoms with van der Waals surface area (Å²) in [7, 11) is 2.94. The molecule has 2 N–H and O–H groups in total. The van der Waals surface area contributed by atoms with Crippen molar-refractivity contribution in [3.05, 3.63) is 53.3 Å². The van der Waals surface area contributed by atoms with E-state index in [2.05, 4.69) is 10.6 Å². The standard InChI is InChI=1S/C17H16F4N2O3/c1-25-14-6-3-10(7-15(14)26-2)9-22-16(24)23-13-8-11(17(19,20)21)4-5-12(13)18/h3-8H,9H2,1-2H3,(H2,22,23,24). The maximum atomic E-state index is 13.6. The van der Waals surface area contributed by atoms with Crippen LogP contribution in [0, 0.1) is 5.82 Å². The summed E-state index contributed by atoms with van der Waals surface area (Å²) in [6.07, 6.45) is -4.64. The van der Waals surface area contributed by atoms with Crippen molar-refractivity contribution in [3.8, 4) is 11.5 Å². The Morgan fingerprint density at radius 2 is 1.73 bits per heavy atom. The Kier molecular flexibility index (Phi) is 5.91. The van der Waals surface area contributed by atoms with Crippen molar-refractivity contribution >= 4 is 11.7 Å². The zero-order valence-electron chi connectivity index (χ0n) is 13.9. The molecule has 0 aromatic heterocycles. The summed E-state index contributed by atoms with van der Waals surface area (Å²) in [6.45, 7) is 0.0484. The fourth-order valence-electron chi connectivity index (χ4n) is 2.14. The lowest BCUT2D eigenvalue weighted by molar-refractivity contribution is -0.137. The topological polar surface area (TPSA) is 59.6 Å². The van der Waals surface area contributed by atoms with Gasteiger partial charge in [0.05, 0.1) is 25.5 Å². The number of rotatable bonds is 5. The molecule has 0 heterocycles. The van der Waals surface area contributed by atoms with Gasteiger partial charge in [0, 0.05) is 6.54 Å². The van der Waals surface area contributed by atoms with Crippen LogP contribution in [0.5, 0.6) is 11.5 Å². The van der Waals surface area contributed by atoms with Gasteiger partial charge in [0.25, 0.3) is 0 Å². The first-order valence-electron chi connectivity index (χ1n) is 7.37. The van der Waals surface area contributed by atoms with Crippen LogP contribution in [-0.4, -0.2) is 20.3 Å². The Hall–Kier alpha value is -2.97. The van der Waals surface area contributed by atoms with Crippen LogP contribution in [0.3, 0.4) is 0 Å². The molecule has 2 aromatic rings. The van der Waals surface area contributed by atoms with Crippen molar-refractivity contribution in [2.75, 3.05) is 19.5 Å². The van der Waals surface area contributed by atoms with Gasteiger partial charge in [-0.1, -0.05) is 6.07 Å². The van der Waals surface area contributed by atoms with E-state index in [0.29, 0.717) is 35.3 Å². The van der Waals surface area contributed by atoms with E-state index in [9.17, 15) is 22.4 Å². The van der Waals surface area contributed by atoms with Gasteiger partial charge in [-0.05, 0) is 35.9 Å². The first-order valence-corrected chi connectivity index (χ1v) is 7.37. The van der Waals surface area contributed by atoms with Gasteiger partial charge < -0.3 is 20.1 Å². The van der Waals surface area contributed by atoms with Crippen LogP contribution in [0.4, 0.5) is 28.0 Å². The SMILES string of the molecule is COc1ccc(CNC(=O)Nc2cc(C(F)(F)F)ccc2F)cc1OC. The summed E-state index contributed by atoms with van der Waals surface area (Å²) in [6, 6.07) is 5.87. The number of benzene rings is 2. The van der Waals surface area contributed by atoms with Gasteiger partial charge in [0.2, 0.25) is 0 Å². The number of alkyl halides is 3. The number of carbonyl (C=O) groups excluding carboxylic acids is 1. The zero-order valence-corrected chi connectivity index (χ0v) is 13.9. The number of urea groups is 1. The number of carbonyl (C=O) groups is 1. The predicted molar refractivity (Wildman–Crippen MR) is 86.8 cm³/mol. The van der Waals surface area contributed by atoms with E-state index in [1.54, 1.807) is 18.2 Å². The zero-order chi connectivity index (χ0) is 19.3. The first-order chi connectivity index (χ1) is 12.2. The van der Waals surface area contributed by atoms with Crippen molar-refractivity contribution in [1.82, 2.24) is 5.32 Å². The Balaban J connectivity index is 2.03. The van der Waals surface area contributed by atoms with Gasteiger partial charge in [-0.3, -0.25) is 0 Å². The molecule has 0 bridgehead atoms. The van der Waals surface area contributed by atoms with Crippen LogP contribution in [0.1, 0.15) is 11.1 Å². The molecular formula is C17H16F4N2O3. The molecule has 2 amide bonds. The molecule has 0 spiro atoms. The highest BCUT2D eigenvalue weighted by atomic mass is 19.4. The third kappa shape index (κ3) is 4.78. The molecule has 2 rings (SSSR count). The van der Waals surface area contributed by atoms with Crippen molar-refractivity contribution in [2.45, 2.75) is 12.7 Å². The van der Waals surface area contributed by atoms with E-state index in [4.69, 9.17) is 9.47 Å². The molecule has 5 nitrogen and oxygen atoms in total. The highest BCUT2D eigenvalue weighted by Gasteiger charge is 2.31. The third-order valence-electron chi connectivity index (χ3n) is 3.44. The molecule has 0 unspecified atom stereocenters. The first kappa shape index (κ1) is 19.4. The maximum absolute atomic E-state index is 13.6. The van der Waals surface area contributed by atoms with Crippen LogP contribution in [0.25, 0.3) is 0 Å². The highest BCUT2D eigenvalue weighted by Crippen LogP contribution is 2.32. The lowest BCUT2D eigenvalue weighted by Gasteiger charge is -2.13. The lowest BCUT2D eigenvalue weighted by atomic mass is 10.2. The Labute approximate surface area is 146 Å². The third-order valence-corrected chi connectivity index (χ3v) is 3.44. The number of anilines is 1. The largest absolute Gasteiger partial charge is 0.493 e. The second kappa shape index (κ2) is 7.94. The van der Waals surface area contributed by atoms with Crippen LogP contribution < -0.4 is 20.1 Å². The minimum absolute atomic E-state index is 0.0484. The van der Waals surface area contributed by atoms with Gasteiger partial charge in [0.1, 0.15) is 5.82 Å². The Bertz CT molecular complexity index is 794. The van der Waals surface area contributed by atoms with Crippen molar-refractivity contribution < 1.29 is 31.8 Å². The number of hydrogen-bond acceptors (Lipinski definition) is 3. The van der Waals surface area contributed by atoms with E-state index >= 15 is 0 Å². The van der Waals surface area contributed by atoms with Crippen LogP contribution >= 0.6 is 0 Å². The average molecular weight is 372 g/mol. The van der Waals surface area contributed by atoms with E-state index in [1.165, 1.54) is 14.2 Å². The second-order valence-electron chi connectivity index (χ2n) is 5.19.